The molecular weight excluding hydrogens is 456 g/mol. The second-order valence-electron chi connectivity index (χ2n) is 6.74. The third kappa shape index (κ3) is 10.6. The highest BCUT2D eigenvalue weighted by molar-refractivity contribution is 14.0. The first-order chi connectivity index (χ1) is 11.1. The lowest BCUT2D eigenvalue weighted by atomic mass is 9.90. The summed E-state index contributed by atoms with van der Waals surface area (Å²) in [5.74, 6) is 0.587. The Bertz CT molecular complexity index is 664. The summed E-state index contributed by atoms with van der Waals surface area (Å²) >= 11 is 0. The average Bonchev–Trinajstić information content (AvgIpc) is 2.50. The Morgan fingerprint density at radius 2 is 1.88 bits per heavy atom. The maximum Gasteiger partial charge on any atom is 0.191 e. The molecule has 0 radical (unpaired) electrons. The molecule has 1 aromatic rings. The fraction of sp³-hybridized carbons (Fsp3) is 0.588. The van der Waals surface area contributed by atoms with E-state index in [2.05, 4.69) is 15.6 Å². The molecule has 0 aliphatic rings. The molecule has 0 unspecified atom stereocenters. The molecule has 5 nitrogen and oxygen atoms in total. The van der Waals surface area contributed by atoms with Crippen molar-refractivity contribution in [3.05, 3.63) is 35.6 Å². The van der Waals surface area contributed by atoms with E-state index in [0.29, 0.717) is 37.5 Å². The molecule has 0 bridgehead atoms. The fourth-order valence-electron chi connectivity index (χ4n) is 2.11. The predicted octanol–water partition coefficient (Wildman–Crippen LogP) is 2.61. The topological polar surface area (TPSA) is 70.6 Å². The highest BCUT2D eigenvalue weighted by Crippen LogP contribution is 2.19. The summed E-state index contributed by atoms with van der Waals surface area (Å²) in [6, 6.07) is 6.70. The second kappa shape index (κ2) is 10.9. The van der Waals surface area contributed by atoms with Gasteiger partial charge in [-0.1, -0.05) is 32.0 Å². The Labute approximate surface area is 167 Å². The molecule has 25 heavy (non-hydrogen) atoms. The Kier molecular flexibility index (Phi) is 10.6. The van der Waals surface area contributed by atoms with Gasteiger partial charge in [-0.3, -0.25) is 4.99 Å². The molecule has 0 fully saturated rings. The van der Waals surface area contributed by atoms with Gasteiger partial charge in [-0.05, 0) is 29.9 Å². The van der Waals surface area contributed by atoms with Crippen molar-refractivity contribution in [2.75, 3.05) is 32.1 Å². The standard InChI is InChI=1S/C17H28FN3O2S.HI/c1-17(2,10-12-24(4,22)23)13-21-16(19-3)20-11-9-14-7-5-6-8-15(14)18;/h5-8H,9-13H2,1-4H3,(H2,19,20,21);1H. The summed E-state index contributed by atoms with van der Waals surface area (Å²) in [5.41, 5.74) is 0.487. The number of nitrogens with zero attached hydrogens (tertiary/aromatic N) is 1. The van der Waals surface area contributed by atoms with Crippen LogP contribution in [-0.4, -0.2) is 46.5 Å². The van der Waals surface area contributed by atoms with E-state index in [-0.39, 0.29) is 41.0 Å². The lowest BCUT2D eigenvalue weighted by molar-refractivity contribution is 0.348. The minimum Gasteiger partial charge on any atom is -0.356 e. The van der Waals surface area contributed by atoms with Crippen molar-refractivity contribution in [1.82, 2.24) is 10.6 Å². The number of halogens is 2. The van der Waals surface area contributed by atoms with Crippen LogP contribution in [-0.2, 0) is 16.3 Å². The van der Waals surface area contributed by atoms with E-state index in [1.165, 1.54) is 12.3 Å². The van der Waals surface area contributed by atoms with Gasteiger partial charge in [0, 0.05) is 26.4 Å². The number of benzene rings is 1. The highest BCUT2D eigenvalue weighted by Gasteiger charge is 2.20. The van der Waals surface area contributed by atoms with Crippen molar-refractivity contribution >= 4 is 39.8 Å². The predicted molar refractivity (Wildman–Crippen MR) is 113 cm³/mol. The SMILES string of the molecule is CN=C(NCCc1ccccc1F)NCC(C)(C)CCS(C)(=O)=O.I. The molecule has 1 rings (SSSR count). The van der Waals surface area contributed by atoms with E-state index < -0.39 is 9.84 Å². The summed E-state index contributed by atoms with van der Waals surface area (Å²) in [4.78, 5) is 4.14. The largest absolute Gasteiger partial charge is 0.356 e. The first kappa shape index (κ1) is 24.1. The molecule has 0 amide bonds. The van der Waals surface area contributed by atoms with E-state index in [1.54, 1.807) is 19.2 Å². The Hall–Kier alpha value is -0.900. The molecule has 144 valence electrons. The number of guanidine groups is 1. The minimum atomic E-state index is -2.96. The number of hydrogen-bond donors (Lipinski definition) is 2. The first-order valence-electron chi connectivity index (χ1n) is 7.99. The van der Waals surface area contributed by atoms with Gasteiger partial charge in [0.05, 0.1) is 5.75 Å². The van der Waals surface area contributed by atoms with Gasteiger partial charge < -0.3 is 10.6 Å². The van der Waals surface area contributed by atoms with Gasteiger partial charge in [-0.2, -0.15) is 0 Å². The number of rotatable bonds is 8. The first-order valence-corrected chi connectivity index (χ1v) is 10.0. The van der Waals surface area contributed by atoms with Crippen LogP contribution in [0.5, 0.6) is 0 Å². The molecule has 0 heterocycles. The van der Waals surface area contributed by atoms with Crippen LogP contribution in [0.3, 0.4) is 0 Å². The van der Waals surface area contributed by atoms with Crippen LogP contribution in [0.1, 0.15) is 25.8 Å². The number of sulfone groups is 1. The smallest absolute Gasteiger partial charge is 0.191 e. The molecule has 0 spiro atoms. The van der Waals surface area contributed by atoms with E-state index in [9.17, 15) is 12.8 Å². The summed E-state index contributed by atoms with van der Waals surface area (Å²) in [5, 5.41) is 6.34. The Balaban J connectivity index is 0.00000576. The van der Waals surface area contributed by atoms with Gasteiger partial charge in [0.15, 0.2) is 5.96 Å². The van der Waals surface area contributed by atoms with Crippen LogP contribution in [0.4, 0.5) is 4.39 Å². The highest BCUT2D eigenvalue weighted by atomic mass is 127. The Morgan fingerprint density at radius 1 is 1.24 bits per heavy atom. The van der Waals surface area contributed by atoms with Gasteiger partial charge in [-0.25, -0.2) is 12.8 Å². The number of aliphatic imine (C=N–C) groups is 1. The maximum atomic E-state index is 13.6. The maximum absolute atomic E-state index is 13.6. The van der Waals surface area contributed by atoms with Crippen molar-refractivity contribution < 1.29 is 12.8 Å². The molecule has 8 heteroatoms. The zero-order valence-electron chi connectivity index (χ0n) is 15.3. The van der Waals surface area contributed by atoms with Crippen molar-refractivity contribution in [3.63, 3.8) is 0 Å². The zero-order valence-corrected chi connectivity index (χ0v) is 18.4. The fourth-order valence-corrected chi connectivity index (χ4v) is 3.03. The van der Waals surface area contributed by atoms with Crippen LogP contribution in [0.25, 0.3) is 0 Å². The quantitative estimate of drug-likeness (QED) is 0.338. The summed E-state index contributed by atoms with van der Waals surface area (Å²) in [6.45, 7) is 5.18. The van der Waals surface area contributed by atoms with Gasteiger partial charge in [0.2, 0.25) is 0 Å². The van der Waals surface area contributed by atoms with Gasteiger partial charge in [0.25, 0.3) is 0 Å². The van der Waals surface area contributed by atoms with Gasteiger partial charge >= 0.3 is 0 Å². The van der Waals surface area contributed by atoms with E-state index in [4.69, 9.17) is 0 Å². The lowest BCUT2D eigenvalue weighted by Crippen LogP contribution is -2.43. The van der Waals surface area contributed by atoms with Crippen LogP contribution in [0.2, 0.25) is 0 Å². The number of nitrogens with one attached hydrogen (secondary N) is 2. The average molecular weight is 485 g/mol. The normalized spacial score (nSPS) is 12.4. The molecule has 0 saturated carbocycles. The van der Waals surface area contributed by atoms with Crippen LogP contribution in [0.15, 0.2) is 29.3 Å². The molecule has 0 aromatic heterocycles. The zero-order chi connectivity index (χ0) is 18.2. The van der Waals surface area contributed by atoms with Crippen molar-refractivity contribution in [3.8, 4) is 0 Å². The molecule has 2 N–H and O–H groups in total. The monoisotopic (exact) mass is 485 g/mol. The summed E-state index contributed by atoms with van der Waals surface area (Å²) in [6.07, 6.45) is 2.38. The minimum absolute atomic E-state index is 0. The summed E-state index contributed by atoms with van der Waals surface area (Å²) < 4.78 is 36.1. The summed E-state index contributed by atoms with van der Waals surface area (Å²) in [7, 11) is -1.29. The molecule has 0 aliphatic heterocycles. The van der Waals surface area contributed by atoms with Gasteiger partial charge in [-0.15, -0.1) is 24.0 Å². The molecule has 0 atom stereocenters. The van der Waals surface area contributed by atoms with Crippen LogP contribution in [0, 0.1) is 11.2 Å². The van der Waals surface area contributed by atoms with Crippen molar-refractivity contribution in [2.45, 2.75) is 26.7 Å². The second-order valence-corrected chi connectivity index (χ2v) is 9.00. The van der Waals surface area contributed by atoms with E-state index in [1.807, 2.05) is 19.9 Å². The van der Waals surface area contributed by atoms with E-state index >= 15 is 0 Å². The third-order valence-electron chi connectivity index (χ3n) is 3.75. The van der Waals surface area contributed by atoms with Crippen LogP contribution >= 0.6 is 24.0 Å². The van der Waals surface area contributed by atoms with Crippen molar-refractivity contribution in [1.29, 1.82) is 0 Å². The van der Waals surface area contributed by atoms with Crippen molar-refractivity contribution in [2.24, 2.45) is 10.4 Å². The van der Waals surface area contributed by atoms with Crippen LogP contribution < -0.4 is 10.6 Å². The molecule has 0 saturated heterocycles. The van der Waals surface area contributed by atoms with E-state index in [0.717, 1.165) is 0 Å². The number of hydrogen-bond acceptors (Lipinski definition) is 3. The molecular formula is C17H29FIN3O2S. The lowest BCUT2D eigenvalue weighted by Gasteiger charge is -2.25. The van der Waals surface area contributed by atoms with Gasteiger partial charge in [0.1, 0.15) is 15.7 Å². The molecule has 0 aliphatic carbocycles. The molecule has 1 aromatic carbocycles. The third-order valence-corrected chi connectivity index (χ3v) is 4.70. The Morgan fingerprint density at radius 3 is 2.44 bits per heavy atom.